The van der Waals surface area contributed by atoms with E-state index in [-0.39, 0.29) is 41.8 Å². The fraction of sp³-hybridized carbons (Fsp3) is 0.182. The number of nitrogens with one attached hydrogen (secondary N) is 2. The van der Waals surface area contributed by atoms with E-state index in [0.29, 0.717) is 17.1 Å². The molecule has 1 atom stereocenters. The van der Waals surface area contributed by atoms with E-state index in [4.69, 9.17) is 11.0 Å². The predicted molar refractivity (Wildman–Crippen MR) is 118 cm³/mol. The lowest BCUT2D eigenvalue weighted by molar-refractivity contribution is -0.119. The molecule has 2 aromatic heterocycles. The van der Waals surface area contributed by atoms with Crippen LogP contribution in [0.5, 0.6) is 0 Å². The maximum absolute atomic E-state index is 14.4. The van der Waals surface area contributed by atoms with E-state index >= 15 is 0 Å². The maximum Gasteiger partial charge on any atom is 0.274 e. The molecule has 2 amide bonds. The van der Waals surface area contributed by atoms with Crippen LogP contribution in [0.4, 0.5) is 4.39 Å². The van der Waals surface area contributed by atoms with Crippen LogP contribution < -0.4 is 16.4 Å². The minimum atomic E-state index is -0.768. The molecule has 3 heterocycles. The van der Waals surface area contributed by atoms with Gasteiger partial charge in [0, 0.05) is 24.4 Å². The van der Waals surface area contributed by atoms with E-state index in [1.165, 1.54) is 37.5 Å². The number of rotatable bonds is 7. The number of amidine groups is 1. The monoisotopic (exact) mass is 448 g/mol. The molecule has 0 spiro atoms. The van der Waals surface area contributed by atoms with Crippen molar-refractivity contribution in [2.24, 2.45) is 10.7 Å². The van der Waals surface area contributed by atoms with Gasteiger partial charge in [-0.05, 0) is 18.2 Å². The number of hydrogen-bond donors (Lipinski definition) is 3. The molecule has 1 aliphatic rings. The molecule has 0 aromatic carbocycles. The quantitative estimate of drug-likeness (QED) is 0.542. The smallest absolute Gasteiger partial charge is 0.274 e. The Morgan fingerprint density at radius 2 is 2.12 bits per heavy atom. The van der Waals surface area contributed by atoms with Gasteiger partial charge in [0.25, 0.3) is 5.91 Å². The Kier molecular flexibility index (Phi) is 6.78. The number of aliphatic imine (C=N–C) groups is 1. The number of carbonyl (C=O) groups is 2. The number of nitriles is 1. The zero-order chi connectivity index (χ0) is 24.1. The first-order valence-electron chi connectivity index (χ1n) is 9.74. The van der Waals surface area contributed by atoms with Crippen LogP contribution in [0.1, 0.15) is 34.5 Å². The molecule has 2 aromatic rings. The van der Waals surface area contributed by atoms with Crippen LogP contribution in [0.25, 0.3) is 0 Å². The number of fused-ring (bicyclic) bond motifs is 1. The van der Waals surface area contributed by atoms with Crippen LogP contribution in [0.2, 0.25) is 0 Å². The molecular formula is C22H21FN8O2. The fourth-order valence-electron chi connectivity index (χ4n) is 3.17. The molecule has 1 aliphatic heterocycles. The fourth-order valence-corrected chi connectivity index (χ4v) is 3.17. The summed E-state index contributed by atoms with van der Waals surface area (Å²) in [5.41, 5.74) is 7.14. The summed E-state index contributed by atoms with van der Waals surface area (Å²) < 4.78 is 16.1. The molecule has 0 saturated heterocycles. The van der Waals surface area contributed by atoms with Crippen molar-refractivity contribution in [1.82, 2.24) is 25.2 Å². The van der Waals surface area contributed by atoms with Crippen LogP contribution in [0, 0.1) is 11.3 Å². The first-order valence-corrected chi connectivity index (χ1v) is 9.74. The summed E-state index contributed by atoms with van der Waals surface area (Å²) in [6.07, 6.45) is 4.12. The van der Waals surface area contributed by atoms with Crippen LogP contribution in [0.15, 0.2) is 65.8 Å². The van der Waals surface area contributed by atoms with Gasteiger partial charge in [-0.1, -0.05) is 13.2 Å². The summed E-state index contributed by atoms with van der Waals surface area (Å²) in [5, 5.41) is 14.0. The number of aromatic nitrogens is 3. The molecule has 11 heteroatoms. The number of pyridine rings is 1. The van der Waals surface area contributed by atoms with Crippen LogP contribution in [-0.4, -0.2) is 38.2 Å². The summed E-state index contributed by atoms with van der Waals surface area (Å²) in [6, 6.07) is 4.00. The molecule has 0 saturated carbocycles. The zero-order valence-corrected chi connectivity index (χ0v) is 17.8. The van der Waals surface area contributed by atoms with Gasteiger partial charge in [-0.25, -0.2) is 14.4 Å². The molecule has 0 fully saturated rings. The highest BCUT2D eigenvalue weighted by molar-refractivity contribution is 5.97. The van der Waals surface area contributed by atoms with Gasteiger partial charge in [0.15, 0.2) is 0 Å². The second-order valence-electron chi connectivity index (χ2n) is 7.14. The predicted octanol–water partition coefficient (Wildman–Crippen LogP) is 1.23. The van der Waals surface area contributed by atoms with Crippen LogP contribution in [0.3, 0.4) is 0 Å². The molecule has 33 heavy (non-hydrogen) atoms. The summed E-state index contributed by atoms with van der Waals surface area (Å²) in [7, 11) is 0. The molecule has 3 rings (SSSR count). The van der Waals surface area contributed by atoms with Crippen molar-refractivity contribution < 1.29 is 14.0 Å². The van der Waals surface area contributed by atoms with Gasteiger partial charge < -0.3 is 20.9 Å². The Morgan fingerprint density at radius 3 is 2.73 bits per heavy atom. The summed E-state index contributed by atoms with van der Waals surface area (Å²) >= 11 is 0. The highest BCUT2D eigenvalue weighted by atomic mass is 19.1. The maximum atomic E-state index is 14.4. The van der Waals surface area contributed by atoms with Crippen molar-refractivity contribution >= 4 is 17.6 Å². The molecular weight excluding hydrogens is 427 g/mol. The molecule has 10 nitrogen and oxygen atoms in total. The summed E-state index contributed by atoms with van der Waals surface area (Å²) in [6.45, 7) is 8.87. The lowest BCUT2D eigenvalue weighted by atomic mass is 10.0. The number of amides is 2. The Labute approximate surface area is 189 Å². The average molecular weight is 448 g/mol. The number of hydrogen-bond acceptors (Lipinski definition) is 7. The van der Waals surface area contributed by atoms with E-state index in [1.807, 2.05) is 6.07 Å². The standard InChI is InChI=1S/C22H21FN8O2/c1-12(29-22(33)17-5-4-15(7-24)8-27-17)6-16(13(2)23)18-11-31-19(21(25)30-18)9-28-20(31)10-26-14(3)32/h4-6,8-9,18H,1-2,10-11H2,3H3,(H2,25,30)(H,26,32)(H,29,33)/b16-6+. The van der Waals surface area contributed by atoms with Crippen molar-refractivity contribution in [2.45, 2.75) is 26.1 Å². The highest BCUT2D eigenvalue weighted by Crippen LogP contribution is 2.25. The number of carbonyl (C=O) groups excluding carboxylic acids is 2. The number of imidazole rings is 1. The second kappa shape index (κ2) is 9.69. The van der Waals surface area contributed by atoms with Crippen molar-refractivity contribution in [1.29, 1.82) is 5.26 Å². The van der Waals surface area contributed by atoms with Gasteiger partial charge in [0.2, 0.25) is 5.91 Å². The molecule has 0 radical (unpaired) electrons. The third kappa shape index (κ3) is 5.37. The topological polar surface area (TPSA) is 151 Å². The molecule has 168 valence electrons. The van der Waals surface area contributed by atoms with Gasteiger partial charge in [0.1, 0.15) is 34.9 Å². The van der Waals surface area contributed by atoms with Gasteiger partial charge in [-0.15, -0.1) is 0 Å². The van der Waals surface area contributed by atoms with Crippen molar-refractivity contribution in [3.8, 4) is 6.07 Å². The third-order valence-electron chi connectivity index (χ3n) is 4.75. The van der Waals surface area contributed by atoms with Gasteiger partial charge >= 0.3 is 0 Å². The normalized spacial score (nSPS) is 15.0. The molecule has 1 unspecified atom stereocenters. The minimum absolute atomic E-state index is 0.0646. The first kappa shape index (κ1) is 23.1. The van der Waals surface area contributed by atoms with Gasteiger partial charge in [0.05, 0.1) is 30.9 Å². The van der Waals surface area contributed by atoms with Crippen molar-refractivity contribution in [3.63, 3.8) is 0 Å². The lowest BCUT2D eigenvalue weighted by Gasteiger charge is -2.24. The Balaban J connectivity index is 1.80. The zero-order valence-electron chi connectivity index (χ0n) is 17.8. The minimum Gasteiger partial charge on any atom is -0.382 e. The molecule has 0 aliphatic carbocycles. The lowest BCUT2D eigenvalue weighted by Crippen LogP contribution is -2.33. The third-order valence-corrected chi connectivity index (χ3v) is 4.75. The second-order valence-corrected chi connectivity index (χ2v) is 7.14. The van der Waals surface area contributed by atoms with Crippen molar-refractivity contribution in [3.05, 3.63) is 83.6 Å². The Bertz CT molecular complexity index is 1230. The van der Waals surface area contributed by atoms with E-state index in [2.05, 4.69) is 38.8 Å². The van der Waals surface area contributed by atoms with Gasteiger partial charge in [-0.3, -0.25) is 14.6 Å². The van der Waals surface area contributed by atoms with E-state index < -0.39 is 17.8 Å². The van der Waals surface area contributed by atoms with Gasteiger partial charge in [-0.2, -0.15) is 5.26 Å². The van der Waals surface area contributed by atoms with Crippen molar-refractivity contribution in [2.75, 3.05) is 0 Å². The van der Waals surface area contributed by atoms with Crippen LogP contribution >= 0.6 is 0 Å². The SMILES string of the molecule is C=C(/C=C(\C(=C)F)C1Cn2c(cnc2CNC(C)=O)C(N)=N1)NC(=O)c1ccc(C#N)cn1. The van der Waals surface area contributed by atoms with E-state index in [0.717, 1.165) is 0 Å². The number of nitrogens with zero attached hydrogens (tertiary/aromatic N) is 5. The van der Waals surface area contributed by atoms with Crippen LogP contribution in [-0.2, 0) is 17.9 Å². The van der Waals surface area contributed by atoms with E-state index in [1.54, 1.807) is 4.57 Å². The Morgan fingerprint density at radius 1 is 1.36 bits per heavy atom. The summed E-state index contributed by atoms with van der Waals surface area (Å²) in [4.78, 5) is 36.1. The Hall–Kier alpha value is -4.59. The number of nitrogens with two attached hydrogens (primary N) is 1. The number of halogens is 1. The first-order chi connectivity index (χ1) is 15.7. The van der Waals surface area contributed by atoms with E-state index in [9.17, 15) is 14.0 Å². The summed E-state index contributed by atoms with van der Waals surface area (Å²) in [5.74, 6) is -0.883. The highest BCUT2D eigenvalue weighted by Gasteiger charge is 2.27. The largest absolute Gasteiger partial charge is 0.382 e. The molecule has 0 bridgehead atoms. The average Bonchev–Trinajstić information content (AvgIpc) is 3.19. The number of allylic oxidation sites excluding steroid dienone is 1. The molecule has 4 N–H and O–H groups in total.